The van der Waals surface area contributed by atoms with Gasteiger partial charge in [0, 0.05) is 25.8 Å². The number of benzene rings is 1. The number of nitrogens with two attached hydrogens (primary N) is 1. The molecule has 2 unspecified atom stereocenters. The van der Waals surface area contributed by atoms with Crippen molar-refractivity contribution in [2.45, 2.75) is 26.3 Å². The van der Waals surface area contributed by atoms with Crippen LogP contribution in [0.5, 0.6) is 0 Å². The second kappa shape index (κ2) is 8.64. The average Bonchev–Trinajstić information content (AvgIpc) is 2.39. The molecular weight excluding hydrogens is 290 g/mol. The van der Waals surface area contributed by atoms with Crippen LogP contribution in [0.4, 0.5) is 5.69 Å². The van der Waals surface area contributed by atoms with Crippen molar-refractivity contribution in [2.24, 2.45) is 11.7 Å². The molecule has 0 aromatic heterocycles. The van der Waals surface area contributed by atoms with Gasteiger partial charge in [-0.1, -0.05) is 19.1 Å². The molecule has 5 nitrogen and oxygen atoms in total. The molecule has 2 amide bonds. The molecule has 1 aromatic rings. The van der Waals surface area contributed by atoms with Gasteiger partial charge in [-0.2, -0.15) is 0 Å². The van der Waals surface area contributed by atoms with Crippen molar-refractivity contribution in [3.63, 3.8) is 0 Å². The minimum Gasteiger partial charge on any atom is -0.349 e. The second-order valence-corrected chi connectivity index (χ2v) is 5.30. The van der Waals surface area contributed by atoms with Gasteiger partial charge in [0.1, 0.15) is 0 Å². The first kappa shape index (κ1) is 19.4. The van der Waals surface area contributed by atoms with Crippen LogP contribution in [0.25, 0.3) is 0 Å². The highest BCUT2D eigenvalue weighted by Gasteiger charge is 2.16. The van der Waals surface area contributed by atoms with Crippen molar-refractivity contribution in [3.8, 4) is 0 Å². The first-order chi connectivity index (χ1) is 9.31. The van der Waals surface area contributed by atoms with Crippen LogP contribution in [0, 0.1) is 5.92 Å². The number of likely N-dealkylation sites (N-methyl/N-ethyl adjacent to an activating group) is 1. The zero-order valence-corrected chi connectivity index (χ0v) is 13.7. The molecular formula is C15H24ClN3O2. The van der Waals surface area contributed by atoms with Gasteiger partial charge in [-0.3, -0.25) is 9.59 Å². The molecule has 0 saturated carbocycles. The predicted molar refractivity (Wildman–Crippen MR) is 87.5 cm³/mol. The van der Waals surface area contributed by atoms with E-state index in [0.717, 1.165) is 5.56 Å². The lowest BCUT2D eigenvalue weighted by atomic mass is 10.0. The first-order valence-electron chi connectivity index (χ1n) is 6.66. The van der Waals surface area contributed by atoms with E-state index in [1.165, 1.54) is 0 Å². The number of halogens is 1. The summed E-state index contributed by atoms with van der Waals surface area (Å²) in [6, 6.07) is 7.09. The van der Waals surface area contributed by atoms with Crippen LogP contribution in [0.15, 0.2) is 24.3 Å². The number of rotatable bonds is 5. The van der Waals surface area contributed by atoms with Gasteiger partial charge < -0.3 is 16.0 Å². The number of carbonyl (C=O) groups is 2. The van der Waals surface area contributed by atoms with Gasteiger partial charge in [-0.15, -0.1) is 12.4 Å². The van der Waals surface area contributed by atoms with Crippen LogP contribution >= 0.6 is 12.4 Å². The zero-order chi connectivity index (χ0) is 15.3. The molecule has 0 spiro atoms. The zero-order valence-electron chi connectivity index (χ0n) is 12.9. The molecule has 2 atom stereocenters. The Kier molecular flexibility index (Phi) is 7.99. The van der Waals surface area contributed by atoms with Crippen molar-refractivity contribution in [1.82, 2.24) is 4.90 Å². The number of anilines is 1. The summed E-state index contributed by atoms with van der Waals surface area (Å²) in [7, 11) is 3.46. The van der Waals surface area contributed by atoms with E-state index in [1.54, 1.807) is 45.0 Å². The molecule has 1 rings (SSSR count). The molecule has 0 aliphatic rings. The van der Waals surface area contributed by atoms with Crippen LogP contribution in [0.3, 0.4) is 0 Å². The van der Waals surface area contributed by atoms with Gasteiger partial charge in [0.25, 0.3) is 0 Å². The molecule has 0 aliphatic carbocycles. The smallest absolute Gasteiger partial charge is 0.228 e. The van der Waals surface area contributed by atoms with Gasteiger partial charge in [-0.05, 0) is 24.6 Å². The molecule has 6 heteroatoms. The van der Waals surface area contributed by atoms with Crippen LogP contribution in [-0.4, -0.2) is 36.9 Å². The highest BCUT2D eigenvalue weighted by atomic mass is 35.5. The Balaban J connectivity index is 0.00000400. The van der Waals surface area contributed by atoms with E-state index in [-0.39, 0.29) is 36.2 Å². The maximum atomic E-state index is 11.9. The normalized spacial score (nSPS) is 12.8. The van der Waals surface area contributed by atoms with Gasteiger partial charge >= 0.3 is 0 Å². The van der Waals surface area contributed by atoms with Crippen LogP contribution in [-0.2, 0) is 16.0 Å². The summed E-state index contributed by atoms with van der Waals surface area (Å²) in [5.74, 6) is -0.297. The number of nitrogens with zero attached hydrogens (tertiary/aromatic N) is 1. The Labute approximate surface area is 132 Å². The van der Waals surface area contributed by atoms with Crippen molar-refractivity contribution < 1.29 is 9.59 Å². The molecule has 21 heavy (non-hydrogen) atoms. The minimum atomic E-state index is -0.245. The molecule has 0 bridgehead atoms. The fraction of sp³-hybridized carbons (Fsp3) is 0.467. The highest BCUT2D eigenvalue weighted by molar-refractivity contribution is 5.92. The molecule has 0 aliphatic heterocycles. The Morgan fingerprint density at radius 2 is 1.71 bits per heavy atom. The summed E-state index contributed by atoms with van der Waals surface area (Å²) in [5, 5.41) is 2.81. The summed E-state index contributed by atoms with van der Waals surface area (Å²) in [5.41, 5.74) is 7.32. The lowest BCUT2D eigenvalue weighted by Gasteiger charge is -2.15. The van der Waals surface area contributed by atoms with Gasteiger partial charge in [-0.25, -0.2) is 0 Å². The number of amides is 2. The van der Waals surface area contributed by atoms with Crippen molar-refractivity contribution in [2.75, 3.05) is 19.4 Å². The van der Waals surface area contributed by atoms with E-state index in [1.807, 2.05) is 12.1 Å². The third-order valence-corrected chi connectivity index (χ3v) is 3.28. The number of hydrogen-bond donors (Lipinski definition) is 2. The monoisotopic (exact) mass is 313 g/mol. The Bertz CT molecular complexity index is 472. The third-order valence-electron chi connectivity index (χ3n) is 3.28. The van der Waals surface area contributed by atoms with Crippen LogP contribution in [0.2, 0.25) is 0 Å². The fourth-order valence-corrected chi connectivity index (χ4v) is 1.53. The summed E-state index contributed by atoms with van der Waals surface area (Å²) in [6.45, 7) is 3.60. The summed E-state index contributed by atoms with van der Waals surface area (Å²) in [6.07, 6.45) is 0.359. The van der Waals surface area contributed by atoms with Gasteiger partial charge in [0.2, 0.25) is 11.8 Å². The number of carbonyl (C=O) groups excluding carboxylic acids is 2. The Hall–Kier alpha value is -1.59. The van der Waals surface area contributed by atoms with E-state index in [2.05, 4.69) is 5.32 Å². The Morgan fingerprint density at radius 3 is 2.14 bits per heavy atom. The molecule has 3 N–H and O–H groups in total. The SMILES string of the molecule is CC(N)C(C)C(=O)Nc1ccc(CC(=O)N(C)C)cc1.Cl. The first-order valence-corrected chi connectivity index (χ1v) is 6.66. The predicted octanol–water partition coefficient (Wildman–Crippen LogP) is 1.66. The molecule has 1 aromatic carbocycles. The second-order valence-electron chi connectivity index (χ2n) is 5.30. The van der Waals surface area contributed by atoms with E-state index in [9.17, 15) is 9.59 Å². The largest absolute Gasteiger partial charge is 0.349 e. The average molecular weight is 314 g/mol. The van der Waals surface area contributed by atoms with Crippen molar-refractivity contribution >= 4 is 29.9 Å². The maximum absolute atomic E-state index is 11.9. The van der Waals surface area contributed by atoms with E-state index in [0.29, 0.717) is 12.1 Å². The maximum Gasteiger partial charge on any atom is 0.228 e. The molecule has 0 saturated heterocycles. The number of hydrogen-bond acceptors (Lipinski definition) is 3. The fourth-order valence-electron chi connectivity index (χ4n) is 1.53. The lowest BCUT2D eigenvalue weighted by Crippen LogP contribution is -2.34. The molecule has 0 fully saturated rings. The summed E-state index contributed by atoms with van der Waals surface area (Å²) < 4.78 is 0. The topological polar surface area (TPSA) is 75.4 Å². The van der Waals surface area contributed by atoms with Gasteiger partial charge in [0.05, 0.1) is 12.3 Å². The van der Waals surface area contributed by atoms with E-state index >= 15 is 0 Å². The highest BCUT2D eigenvalue weighted by Crippen LogP contribution is 2.12. The van der Waals surface area contributed by atoms with E-state index in [4.69, 9.17) is 5.73 Å². The van der Waals surface area contributed by atoms with Crippen molar-refractivity contribution in [3.05, 3.63) is 29.8 Å². The quantitative estimate of drug-likeness (QED) is 0.868. The molecule has 0 heterocycles. The van der Waals surface area contributed by atoms with Crippen LogP contribution in [0.1, 0.15) is 19.4 Å². The summed E-state index contributed by atoms with van der Waals surface area (Å²) in [4.78, 5) is 25.0. The molecule has 118 valence electrons. The standard InChI is InChI=1S/C15H23N3O2.ClH/c1-10(11(2)16)15(20)17-13-7-5-12(6-8-13)9-14(19)18(3)4;/h5-8,10-11H,9,16H2,1-4H3,(H,17,20);1H. The van der Waals surface area contributed by atoms with Crippen molar-refractivity contribution in [1.29, 1.82) is 0 Å². The molecule has 0 radical (unpaired) electrons. The van der Waals surface area contributed by atoms with E-state index < -0.39 is 0 Å². The summed E-state index contributed by atoms with van der Waals surface area (Å²) >= 11 is 0. The minimum absolute atomic E-state index is 0. The third kappa shape index (κ3) is 6.14. The van der Waals surface area contributed by atoms with Gasteiger partial charge in [0.15, 0.2) is 0 Å². The number of nitrogens with one attached hydrogen (secondary N) is 1. The lowest BCUT2D eigenvalue weighted by molar-refractivity contribution is -0.128. The van der Waals surface area contributed by atoms with Crippen LogP contribution < -0.4 is 11.1 Å². The Morgan fingerprint density at radius 1 is 1.19 bits per heavy atom.